The van der Waals surface area contributed by atoms with Crippen molar-refractivity contribution < 1.29 is 23.5 Å². The lowest BCUT2D eigenvalue weighted by Crippen LogP contribution is -2.50. The van der Waals surface area contributed by atoms with Crippen LogP contribution in [0.3, 0.4) is 0 Å². The van der Waals surface area contributed by atoms with Crippen molar-refractivity contribution >= 4 is 33.7 Å². The molecule has 0 bridgehead atoms. The van der Waals surface area contributed by atoms with E-state index in [0.29, 0.717) is 28.7 Å². The summed E-state index contributed by atoms with van der Waals surface area (Å²) < 4.78 is 16.3. The first-order valence-electron chi connectivity index (χ1n) is 11.0. The number of H-pyrrole nitrogens is 1. The standard InChI is InChI=1S/C26H24N2O6/c1-14-8-21(25-15(2)10-24(30)34-22(25)9-14)33-13-23(29)28-12-19-17(11-20(28)26(31)32-3)16-6-4-5-7-18(16)27-19/h4-10,20,27H,11-13H2,1-3H3. The maximum Gasteiger partial charge on any atom is 0.336 e. The molecule has 34 heavy (non-hydrogen) atoms. The van der Waals surface area contributed by atoms with Gasteiger partial charge in [-0.1, -0.05) is 18.2 Å². The van der Waals surface area contributed by atoms with Crippen LogP contribution in [0.5, 0.6) is 5.75 Å². The third-order valence-electron chi connectivity index (χ3n) is 6.30. The van der Waals surface area contributed by atoms with Crippen LogP contribution in [-0.4, -0.2) is 41.5 Å². The highest BCUT2D eigenvalue weighted by atomic mass is 16.5. The first kappa shape index (κ1) is 21.8. The van der Waals surface area contributed by atoms with Gasteiger partial charge in [0.25, 0.3) is 5.91 Å². The molecule has 8 heteroatoms. The fourth-order valence-corrected chi connectivity index (χ4v) is 4.73. The van der Waals surface area contributed by atoms with Crippen molar-refractivity contribution in [2.75, 3.05) is 13.7 Å². The Kier molecular flexibility index (Phi) is 5.36. The predicted molar refractivity (Wildman–Crippen MR) is 126 cm³/mol. The quantitative estimate of drug-likeness (QED) is 0.370. The van der Waals surface area contributed by atoms with Gasteiger partial charge in [-0.15, -0.1) is 0 Å². The Hall–Kier alpha value is -4.07. The smallest absolute Gasteiger partial charge is 0.336 e. The zero-order valence-corrected chi connectivity index (χ0v) is 19.1. The second-order valence-corrected chi connectivity index (χ2v) is 8.57. The number of ether oxygens (including phenoxy) is 2. The summed E-state index contributed by atoms with van der Waals surface area (Å²) >= 11 is 0. The number of fused-ring (bicyclic) bond motifs is 4. The Bertz CT molecular complexity index is 1500. The molecule has 174 valence electrons. The van der Waals surface area contributed by atoms with E-state index < -0.39 is 17.6 Å². The number of aromatic amines is 1. The molecule has 0 radical (unpaired) electrons. The topological polar surface area (TPSA) is 102 Å². The predicted octanol–water partition coefficient (Wildman–Crippen LogP) is 3.40. The number of nitrogens with zero attached hydrogens (tertiary/aromatic N) is 1. The molecule has 1 atom stereocenters. The van der Waals surface area contributed by atoms with Crippen LogP contribution in [0, 0.1) is 13.8 Å². The van der Waals surface area contributed by atoms with Crippen LogP contribution in [0.15, 0.2) is 51.7 Å². The minimum Gasteiger partial charge on any atom is -0.483 e. The number of methoxy groups -OCH3 is 1. The van der Waals surface area contributed by atoms with Gasteiger partial charge < -0.3 is 23.8 Å². The molecule has 5 rings (SSSR count). The highest BCUT2D eigenvalue weighted by Gasteiger charge is 2.37. The summed E-state index contributed by atoms with van der Waals surface area (Å²) in [4.78, 5) is 42.5. The van der Waals surface area contributed by atoms with Crippen molar-refractivity contribution in [3.63, 3.8) is 0 Å². The van der Waals surface area contributed by atoms with E-state index in [2.05, 4.69) is 4.98 Å². The second kappa shape index (κ2) is 8.37. The number of aryl methyl sites for hydroxylation is 2. The maximum absolute atomic E-state index is 13.3. The summed E-state index contributed by atoms with van der Waals surface area (Å²) in [5.41, 5.74) is 4.37. The van der Waals surface area contributed by atoms with Gasteiger partial charge in [0.2, 0.25) is 0 Å². The van der Waals surface area contributed by atoms with Gasteiger partial charge in [-0.3, -0.25) is 4.79 Å². The van der Waals surface area contributed by atoms with Crippen LogP contribution < -0.4 is 10.4 Å². The lowest BCUT2D eigenvalue weighted by atomic mass is 9.96. The number of hydrogen-bond donors (Lipinski definition) is 1. The van der Waals surface area contributed by atoms with Crippen LogP contribution in [0.25, 0.3) is 21.9 Å². The van der Waals surface area contributed by atoms with Gasteiger partial charge in [-0.25, -0.2) is 9.59 Å². The molecule has 0 spiro atoms. The summed E-state index contributed by atoms with van der Waals surface area (Å²) in [7, 11) is 1.32. The molecule has 1 N–H and O–H groups in total. The van der Waals surface area contributed by atoms with E-state index in [0.717, 1.165) is 27.7 Å². The third kappa shape index (κ3) is 3.71. The zero-order valence-electron chi connectivity index (χ0n) is 19.1. The monoisotopic (exact) mass is 460 g/mol. The minimum atomic E-state index is -0.748. The van der Waals surface area contributed by atoms with E-state index in [4.69, 9.17) is 13.9 Å². The minimum absolute atomic E-state index is 0.244. The Morgan fingerprint density at radius 1 is 1.18 bits per heavy atom. The molecule has 1 aliphatic heterocycles. The van der Waals surface area contributed by atoms with Gasteiger partial charge in [-0.2, -0.15) is 0 Å². The highest BCUT2D eigenvalue weighted by Crippen LogP contribution is 2.32. The number of benzene rings is 2. The highest BCUT2D eigenvalue weighted by molar-refractivity contribution is 5.91. The van der Waals surface area contributed by atoms with Gasteiger partial charge in [0.05, 0.1) is 19.0 Å². The molecular formula is C26H24N2O6. The summed E-state index contributed by atoms with van der Waals surface area (Å²) in [5, 5.41) is 1.68. The number of para-hydroxylation sites is 1. The number of nitrogens with one attached hydrogen (secondary N) is 1. The maximum atomic E-state index is 13.3. The largest absolute Gasteiger partial charge is 0.483 e. The molecule has 1 aliphatic rings. The zero-order chi connectivity index (χ0) is 24.0. The van der Waals surface area contributed by atoms with E-state index in [1.54, 1.807) is 19.1 Å². The number of aromatic nitrogens is 1. The number of hydrogen-bond acceptors (Lipinski definition) is 6. The SMILES string of the molecule is COC(=O)C1Cc2c([nH]c3ccccc23)CN1C(=O)COc1cc(C)cc2oc(=O)cc(C)c12. The van der Waals surface area contributed by atoms with Crippen LogP contribution >= 0.6 is 0 Å². The van der Waals surface area contributed by atoms with Gasteiger partial charge in [0.15, 0.2) is 6.61 Å². The first-order chi connectivity index (χ1) is 16.4. The van der Waals surface area contributed by atoms with Gasteiger partial charge in [-0.05, 0) is 48.7 Å². The van der Waals surface area contributed by atoms with Gasteiger partial charge in [0.1, 0.15) is 17.4 Å². The molecule has 0 saturated carbocycles. The molecule has 0 fully saturated rings. The van der Waals surface area contributed by atoms with Gasteiger partial charge >= 0.3 is 11.6 Å². The van der Waals surface area contributed by atoms with Crippen molar-refractivity contribution in [3.05, 3.63) is 75.3 Å². The second-order valence-electron chi connectivity index (χ2n) is 8.57. The summed E-state index contributed by atoms with van der Waals surface area (Å²) in [6, 6.07) is 12.1. The van der Waals surface area contributed by atoms with Gasteiger partial charge in [0, 0.05) is 29.1 Å². The van der Waals surface area contributed by atoms with Crippen molar-refractivity contribution in [1.82, 2.24) is 9.88 Å². The number of rotatable bonds is 4. The van der Waals surface area contributed by atoms with E-state index in [1.165, 1.54) is 18.1 Å². The molecule has 1 unspecified atom stereocenters. The molecule has 0 saturated heterocycles. The molecular weight excluding hydrogens is 436 g/mol. The van der Waals surface area contributed by atoms with E-state index in [-0.39, 0.29) is 19.1 Å². The van der Waals surface area contributed by atoms with Crippen LogP contribution in [0.2, 0.25) is 0 Å². The average Bonchev–Trinajstić information content (AvgIpc) is 3.18. The van der Waals surface area contributed by atoms with Crippen molar-refractivity contribution in [2.45, 2.75) is 32.9 Å². The molecule has 0 aliphatic carbocycles. The number of carbonyl (C=O) groups excluding carboxylic acids is 2. The van der Waals surface area contributed by atoms with Crippen molar-refractivity contribution in [1.29, 1.82) is 0 Å². The normalized spacial score (nSPS) is 15.4. The first-order valence-corrected chi connectivity index (χ1v) is 11.0. The Morgan fingerprint density at radius 2 is 1.97 bits per heavy atom. The van der Waals surface area contributed by atoms with E-state index >= 15 is 0 Å². The summed E-state index contributed by atoms with van der Waals surface area (Å²) in [5.74, 6) is -0.366. The number of amides is 1. The Morgan fingerprint density at radius 3 is 2.76 bits per heavy atom. The number of esters is 1. The molecule has 2 aromatic heterocycles. The molecule has 3 heterocycles. The Balaban J connectivity index is 1.45. The molecule has 1 amide bonds. The third-order valence-corrected chi connectivity index (χ3v) is 6.30. The molecule has 8 nitrogen and oxygen atoms in total. The summed E-state index contributed by atoms with van der Waals surface area (Å²) in [6.07, 6.45) is 0.357. The Labute approximate surface area is 195 Å². The lowest BCUT2D eigenvalue weighted by molar-refractivity contribution is -0.154. The summed E-state index contributed by atoms with van der Waals surface area (Å²) in [6.45, 7) is 3.61. The van der Waals surface area contributed by atoms with E-state index in [9.17, 15) is 14.4 Å². The van der Waals surface area contributed by atoms with Crippen LogP contribution in [0.4, 0.5) is 0 Å². The molecule has 4 aromatic rings. The number of carbonyl (C=O) groups is 2. The van der Waals surface area contributed by atoms with Crippen molar-refractivity contribution in [3.8, 4) is 5.75 Å². The van der Waals surface area contributed by atoms with Crippen LogP contribution in [0.1, 0.15) is 22.4 Å². The van der Waals surface area contributed by atoms with Crippen molar-refractivity contribution in [2.24, 2.45) is 0 Å². The fourth-order valence-electron chi connectivity index (χ4n) is 4.73. The average molecular weight is 460 g/mol. The lowest BCUT2D eigenvalue weighted by Gasteiger charge is -2.33. The fraction of sp³-hybridized carbons (Fsp3) is 0.269. The van der Waals surface area contributed by atoms with E-state index in [1.807, 2.05) is 31.2 Å². The molecule has 2 aromatic carbocycles. The van der Waals surface area contributed by atoms with Crippen LogP contribution in [-0.2, 0) is 27.3 Å².